The number of hydroxylamine groups is 4. The molecule has 4 aromatic heterocycles. The first-order chi connectivity index (χ1) is 31.4. The van der Waals surface area contributed by atoms with Gasteiger partial charge in [-0.3, -0.25) is 48.5 Å². The summed E-state index contributed by atoms with van der Waals surface area (Å²) in [5.74, 6) is -2.55. The van der Waals surface area contributed by atoms with Gasteiger partial charge in [-0.1, -0.05) is 13.0 Å². The third-order valence-corrected chi connectivity index (χ3v) is 10.6. The first-order valence-corrected chi connectivity index (χ1v) is 21.1. The molecule has 0 radical (unpaired) electrons. The Labute approximate surface area is 381 Å². The molecule has 4 aromatic rings. The number of fused-ring (bicyclic) bond motifs is 4. The second kappa shape index (κ2) is 23.3. The van der Waals surface area contributed by atoms with E-state index in [0.29, 0.717) is 42.4 Å². The number of hydrogen-bond acceptors (Lipinski definition) is 19. The minimum atomic E-state index is -0.964. The SMILES string of the molecule is CC(=O)OCC(=O)Cl.CC(=O)OCC(=O)ON1C(=O)CCC1=O.CC1CCC(n2c3cnccc3c3cnc(Nc4ccc5c(n4)CCN(C(=O)CO)C5)nc32)CC1.O=C1CCC(=O)N1O. The van der Waals surface area contributed by atoms with Gasteiger partial charge in [-0.05, 0) is 60.9 Å². The van der Waals surface area contributed by atoms with Crippen LogP contribution in [0.2, 0.25) is 0 Å². The van der Waals surface area contributed by atoms with E-state index in [-0.39, 0.29) is 43.3 Å². The number of amides is 5. The number of nitrogens with one attached hydrogen (secondary N) is 1. The maximum atomic E-state index is 11.8. The van der Waals surface area contributed by atoms with Crippen LogP contribution in [0.4, 0.5) is 11.8 Å². The summed E-state index contributed by atoms with van der Waals surface area (Å²) >= 11 is 4.81. The molecule has 0 bridgehead atoms. The molecule has 66 heavy (non-hydrogen) atoms. The number of nitrogens with zero attached hydrogens (tertiary/aromatic N) is 8. The first-order valence-electron chi connectivity index (χ1n) is 20.8. The molecule has 2 saturated heterocycles. The van der Waals surface area contributed by atoms with E-state index in [2.05, 4.69) is 41.1 Å². The van der Waals surface area contributed by atoms with Gasteiger partial charge in [0, 0.05) is 93.9 Å². The van der Waals surface area contributed by atoms with Crippen LogP contribution in [0, 0.1) is 5.92 Å². The molecule has 8 rings (SSSR count). The summed E-state index contributed by atoms with van der Waals surface area (Å²) in [6.07, 6.45) is 11.4. The van der Waals surface area contributed by atoms with Gasteiger partial charge in [-0.2, -0.15) is 10.0 Å². The van der Waals surface area contributed by atoms with Gasteiger partial charge in [0.1, 0.15) is 18.1 Å². The molecule has 0 aromatic carbocycles. The van der Waals surface area contributed by atoms with Crippen molar-refractivity contribution in [2.75, 3.05) is 31.7 Å². The Kier molecular flexibility index (Phi) is 17.6. The second-order valence-electron chi connectivity index (χ2n) is 15.3. The highest BCUT2D eigenvalue weighted by Gasteiger charge is 2.33. The van der Waals surface area contributed by atoms with Crippen molar-refractivity contribution >= 4 is 98.0 Å². The number of rotatable bonds is 9. The molecular weight excluding hydrogens is 890 g/mol. The maximum Gasteiger partial charge on any atom is 0.370 e. The topological polar surface area (TPSA) is 300 Å². The predicted molar refractivity (Wildman–Crippen MR) is 227 cm³/mol. The molecule has 1 aliphatic carbocycles. The Bertz CT molecular complexity index is 2460. The minimum absolute atomic E-state index is 0.0275. The average Bonchev–Trinajstić information content (AvgIpc) is 3.91. The fourth-order valence-corrected chi connectivity index (χ4v) is 7.23. The Hall–Kier alpha value is -6.98. The molecule has 3 aliphatic heterocycles. The van der Waals surface area contributed by atoms with Gasteiger partial charge in [-0.15, -0.1) is 5.06 Å². The molecular formula is C42H48ClN9O14. The van der Waals surface area contributed by atoms with Crippen molar-refractivity contribution in [3.05, 3.63) is 48.0 Å². The van der Waals surface area contributed by atoms with E-state index < -0.39 is 60.0 Å². The quantitative estimate of drug-likeness (QED) is 0.0940. The van der Waals surface area contributed by atoms with Gasteiger partial charge in [0.25, 0.3) is 28.9 Å². The molecule has 352 valence electrons. The Morgan fingerprint density at radius 2 is 1.45 bits per heavy atom. The molecule has 1 saturated carbocycles. The number of aromatic nitrogens is 5. The summed E-state index contributed by atoms with van der Waals surface area (Å²) in [5.41, 5.74) is 4.00. The second-order valence-corrected chi connectivity index (χ2v) is 15.7. The normalized spacial score (nSPS) is 17.7. The van der Waals surface area contributed by atoms with E-state index in [1.165, 1.54) is 19.8 Å². The standard InChI is InChI=1S/C26H29N7O2.C8H9NO6.C4H5ClO3.C4H5NO3/c1-16-2-5-18(6-3-16)33-22-13-27-10-8-19(22)20-12-28-26(31-25(20)33)30-23-7-4-17-14-32(24(35)15-34)11-9-21(17)29-23;1-5(10)14-4-8(13)15-9-6(11)2-3-7(9)12;1-3(6)8-2-4(5)7;6-3-1-2-4(7)5(3)8/h4,7-8,10,12-13,16,18,34H,2-3,5-6,9,11,14-15H2,1H3,(H,28,29,30,31);2-4H2,1H3;2H2,1H3;8H,1-2H2. The van der Waals surface area contributed by atoms with Crippen LogP contribution in [-0.2, 0) is 70.4 Å². The lowest BCUT2D eigenvalue weighted by atomic mass is 9.87. The van der Waals surface area contributed by atoms with Crippen LogP contribution in [0.15, 0.2) is 36.8 Å². The molecule has 3 N–H and O–H groups in total. The zero-order valence-electron chi connectivity index (χ0n) is 36.3. The number of imide groups is 2. The van der Waals surface area contributed by atoms with Gasteiger partial charge in [0.2, 0.25) is 11.9 Å². The van der Waals surface area contributed by atoms with Crippen LogP contribution in [0.5, 0.6) is 0 Å². The van der Waals surface area contributed by atoms with Crippen molar-refractivity contribution in [2.24, 2.45) is 5.92 Å². The van der Waals surface area contributed by atoms with Crippen LogP contribution in [0.3, 0.4) is 0 Å². The highest BCUT2D eigenvalue weighted by molar-refractivity contribution is 6.64. The fraction of sp³-hybridized carbons (Fsp3) is 0.452. The molecule has 4 aliphatic rings. The van der Waals surface area contributed by atoms with Gasteiger partial charge < -0.3 is 34.2 Å². The molecule has 23 nitrogen and oxygen atoms in total. The van der Waals surface area contributed by atoms with Gasteiger partial charge in [0.05, 0.1) is 11.7 Å². The summed E-state index contributed by atoms with van der Waals surface area (Å²) in [6, 6.07) is 6.32. The lowest BCUT2D eigenvalue weighted by Gasteiger charge is -2.28. The summed E-state index contributed by atoms with van der Waals surface area (Å²) in [4.78, 5) is 120. The van der Waals surface area contributed by atoms with Crippen molar-refractivity contribution < 1.29 is 67.8 Å². The number of hydrogen-bond donors (Lipinski definition) is 3. The van der Waals surface area contributed by atoms with Crippen molar-refractivity contribution in [1.82, 2.24) is 39.5 Å². The van der Waals surface area contributed by atoms with E-state index in [1.807, 2.05) is 36.8 Å². The number of anilines is 2. The van der Waals surface area contributed by atoms with Crippen molar-refractivity contribution in [3.8, 4) is 0 Å². The number of carbonyl (C=O) groups is 9. The molecule has 3 fully saturated rings. The fourth-order valence-electron chi connectivity index (χ4n) is 7.18. The van der Waals surface area contributed by atoms with E-state index in [9.17, 15) is 43.2 Å². The average molecular weight is 938 g/mol. The third kappa shape index (κ3) is 13.5. The molecule has 7 heterocycles. The number of ether oxygens (including phenoxy) is 2. The zero-order valence-corrected chi connectivity index (χ0v) is 37.0. The lowest BCUT2D eigenvalue weighted by Crippen LogP contribution is -2.37. The van der Waals surface area contributed by atoms with Crippen LogP contribution >= 0.6 is 11.6 Å². The lowest BCUT2D eigenvalue weighted by molar-refractivity contribution is -0.200. The van der Waals surface area contributed by atoms with Crippen molar-refractivity contribution in [2.45, 2.75) is 91.1 Å². The number of aliphatic hydroxyl groups is 1. The monoisotopic (exact) mass is 937 g/mol. The zero-order chi connectivity index (χ0) is 48.1. The highest BCUT2D eigenvalue weighted by atomic mass is 35.5. The summed E-state index contributed by atoms with van der Waals surface area (Å²) in [7, 11) is 0. The maximum absolute atomic E-state index is 11.8. The highest BCUT2D eigenvalue weighted by Crippen LogP contribution is 2.38. The Balaban J connectivity index is 0.000000215. The summed E-state index contributed by atoms with van der Waals surface area (Å²) in [6.45, 7) is 4.27. The largest absolute Gasteiger partial charge is 0.456 e. The van der Waals surface area contributed by atoms with Crippen molar-refractivity contribution in [3.63, 3.8) is 0 Å². The molecule has 24 heteroatoms. The van der Waals surface area contributed by atoms with Crippen LogP contribution in [0.1, 0.15) is 89.4 Å². The summed E-state index contributed by atoms with van der Waals surface area (Å²) < 4.78 is 10.9. The molecule has 0 unspecified atom stereocenters. The third-order valence-electron chi connectivity index (χ3n) is 10.5. The number of halogens is 1. The minimum Gasteiger partial charge on any atom is -0.456 e. The van der Waals surface area contributed by atoms with Gasteiger partial charge >= 0.3 is 17.9 Å². The Morgan fingerprint density at radius 1 is 0.818 bits per heavy atom. The first kappa shape index (κ1) is 50.0. The number of carbonyl (C=O) groups excluding carboxylic acids is 9. The van der Waals surface area contributed by atoms with Gasteiger partial charge in [-0.25, -0.2) is 14.8 Å². The van der Waals surface area contributed by atoms with Crippen LogP contribution in [-0.4, -0.2) is 129 Å². The molecule has 0 atom stereocenters. The predicted octanol–water partition coefficient (Wildman–Crippen LogP) is 2.74. The van der Waals surface area contributed by atoms with E-state index in [4.69, 9.17) is 31.9 Å². The van der Waals surface area contributed by atoms with E-state index in [0.717, 1.165) is 58.9 Å². The number of pyridine rings is 2. The smallest absolute Gasteiger partial charge is 0.370 e. The number of esters is 2. The number of aliphatic hydroxyl groups excluding tert-OH is 1. The molecule has 0 spiro atoms. The van der Waals surface area contributed by atoms with Crippen LogP contribution in [0.25, 0.3) is 21.9 Å². The Morgan fingerprint density at radius 3 is 2.03 bits per heavy atom. The summed E-state index contributed by atoms with van der Waals surface area (Å²) in [5, 5.41) is 22.9. The van der Waals surface area contributed by atoms with Crippen LogP contribution < -0.4 is 5.32 Å². The van der Waals surface area contributed by atoms with E-state index >= 15 is 0 Å². The van der Waals surface area contributed by atoms with Crippen molar-refractivity contribution in [1.29, 1.82) is 0 Å². The molecule has 5 amide bonds. The van der Waals surface area contributed by atoms with E-state index in [1.54, 1.807) is 4.90 Å². The van der Waals surface area contributed by atoms with Gasteiger partial charge in [0.15, 0.2) is 13.2 Å².